The maximum atomic E-state index is 12.5. The molecule has 7 heteroatoms. The number of nitro groups is 1. The highest BCUT2D eigenvalue weighted by Crippen LogP contribution is 2.24. The van der Waals surface area contributed by atoms with Crippen LogP contribution in [0.25, 0.3) is 11.1 Å². The van der Waals surface area contributed by atoms with Crippen LogP contribution in [0.2, 0.25) is 0 Å². The molecule has 3 aromatic rings. The molecule has 0 bridgehead atoms. The number of hydrogen-bond acceptors (Lipinski definition) is 4. The fourth-order valence-corrected chi connectivity index (χ4v) is 3.11. The molecular weight excluding hydrogens is 356 g/mol. The maximum absolute atomic E-state index is 12.5. The Kier molecular flexibility index (Phi) is 5.54. The summed E-state index contributed by atoms with van der Waals surface area (Å²) in [7, 11) is 0. The lowest BCUT2D eigenvalue weighted by Gasteiger charge is -2.13. The van der Waals surface area contributed by atoms with E-state index in [0.29, 0.717) is 17.1 Å². The molecule has 28 heavy (non-hydrogen) atoms. The minimum absolute atomic E-state index is 0.00380. The first-order chi connectivity index (χ1) is 13.4. The molecule has 0 aliphatic carbocycles. The van der Waals surface area contributed by atoms with Crippen molar-refractivity contribution in [2.45, 2.75) is 27.3 Å². The van der Waals surface area contributed by atoms with E-state index in [1.807, 2.05) is 54.6 Å². The minimum atomic E-state index is -0.437. The molecule has 0 radical (unpaired) electrons. The summed E-state index contributed by atoms with van der Waals surface area (Å²) >= 11 is 0. The summed E-state index contributed by atoms with van der Waals surface area (Å²) in [6.45, 7) is 5.29. The zero-order chi connectivity index (χ0) is 20.3. The molecule has 1 N–H and O–H groups in total. The number of anilines is 1. The van der Waals surface area contributed by atoms with E-state index >= 15 is 0 Å². The summed E-state index contributed by atoms with van der Waals surface area (Å²) in [4.78, 5) is 23.2. The Balaban J connectivity index is 1.66. The van der Waals surface area contributed by atoms with Crippen LogP contribution >= 0.6 is 0 Å². The van der Waals surface area contributed by atoms with Crippen molar-refractivity contribution in [3.63, 3.8) is 0 Å². The summed E-state index contributed by atoms with van der Waals surface area (Å²) in [5.74, 6) is -0.561. The van der Waals surface area contributed by atoms with E-state index in [-0.39, 0.29) is 18.1 Å². The second-order valence-electron chi connectivity index (χ2n) is 6.79. The molecule has 0 spiro atoms. The Bertz CT molecular complexity index is 994. The van der Waals surface area contributed by atoms with E-state index in [0.717, 1.165) is 11.1 Å². The van der Waals surface area contributed by atoms with Gasteiger partial charge in [0.2, 0.25) is 5.91 Å². The summed E-state index contributed by atoms with van der Waals surface area (Å²) in [6, 6.07) is 17.6. The van der Waals surface area contributed by atoms with Crippen molar-refractivity contribution in [2.75, 3.05) is 5.32 Å². The molecule has 0 saturated heterocycles. The van der Waals surface area contributed by atoms with Crippen molar-refractivity contribution < 1.29 is 9.72 Å². The highest BCUT2D eigenvalue weighted by molar-refractivity contribution is 5.92. The molecule has 3 rings (SSSR count). The van der Waals surface area contributed by atoms with Crippen LogP contribution in [0.4, 0.5) is 11.4 Å². The predicted molar refractivity (Wildman–Crippen MR) is 108 cm³/mol. The fraction of sp³-hybridized carbons (Fsp3) is 0.238. The molecule has 1 amide bonds. The van der Waals surface area contributed by atoms with Crippen molar-refractivity contribution in [2.24, 2.45) is 5.92 Å². The molecule has 0 saturated carbocycles. The summed E-state index contributed by atoms with van der Waals surface area (Å²) in [5, 5.41) is 18.2. The van der Waals surface area contributed by atoms with Crippen LogP contribution < -0.4 is 5.32 Å². The van der Waals surface area contributed by atoms with Crippen molar-refractivity contribution >= 4 is 17.3 Å². The third-order valence-corrected chi connectivity index (χ3v) is 4.68. The molecule has 1 aromatic heterocycles. The first-order valence-corrected chi connectivity index (χ1v) is 9.01. The van der Waals surface area contributed by atoms with E-state index in [2.05, 4.69) is 10.4 Å². The van der Waals surface area contributed by atoms with Crippen molar-refractivity contribution in [1.29, 1.82) is 0 Å². The van der Waals surface area contributed by atoms with Gasteiger partial charge in [0.25, 0.3) is 0 Å². The highest BCUT2D eigenvalue weighted by Gasteiger charge is 2.24. The number of aryl methyl sites for hydroxylation is 1. The topological polar surface area (TPSA) is 90.1 Å². The van der Waals surface area contributed by atoms with Crippen LogP contribution in [0, 0.1) is 29.9 Å². The van der Waals surface area contributed by atoms with Crippen LogP contribution in [0.5, 0.6) is 0 Å². The number of nitrogens with zero attached hydrogens (tertiary/aromatic N) is 3. The number of amides is 1. The molecule has 0 aliphatic heterocycles. The molecule has 0 fully saturated rings. The molecule has 2 aromatic carbocycles. The van der Waals surface area contributed by atoms with Gasteiger partial charge >= 0.3 is 5.69 Å². The van der Waals surface area contributed by atoms with Crippen LogP contribution in [-0.4, -0.2) is 20.6 Å². The molecule has 1 atom stereocenters. The number of carbonyl (C=O) groups excluding carboxylic acids is 1. The second kappa shape index (κ2) is 8.04. The van der Waals surface area contributed by atoms with Gasteiger partial charge in [-0.2, -0.15) is 5.10 Å². The largest absolute Gasteiger partial charge is 0.326 e. The van der Waals surface area contributed by atoms with Gasteiger partial charge in [-0.25, -0.2) is 0 Å². The van der Waals surface area contributed by atoms with Gasteiger partial charge < -0.3 is 5.32 Å². The van der Waals surface area contributed by atoms with Gasteiger partial charge in [0.1, 0.15) is 11.4 Å². The van der Waals surface area contributed by atoms with E-state index in [1.54, 1.807) is 20.8 Å². The van der Waals surface area contributed by atoms with Gasteiger partial charge in [-0.15, -0.1) is 0 Å². The van der Waals surface area contributed by atoms with Crippen molar-refractivity contribution in [3.05, 3.63) is 76.1 Å². The fourth-order valence-electron chi connectivity index (χ4n) is 3.11. The number of carbonyl (C=O) groups is 1. The molecule has 1 unspecified atom stereocenters. The predicted octanol–water partition coefficient (Wildman–Crippen LogP) is 4.35. The summed E-state index contributed by atoms with van der Waals surface area (Å²) < 4.78 is 1.52. The standard InChI is InChI=1S/C21H22N4O3/c1-14(13-24-16(3)20(25(27)28)15(2)23-24)21(26)22-19-11-9-18(10-12-19)17-7-5-4-6-8-17/h4-12,14H,13H2,1-3H3,(H,22,26). The Labute approximate surface area is 163 Å². The first-order valence-electron chi connectivity index (χ1n) is 9.01. The van der Waals surface area contributed by atoms with Crippen molar-refractivity contribution in [3.8, 4) is 11.1 Å². The van der Waals surface area contributed by atoms with E-state index in [4.69, 9.17) is 0 Å². The van der Waals surface area contributed by atoms with Gasteiger partial charge in [-0.1, -0.05) is 49.4 Å². The lowest BCUT2D eigenvalue weighted by Crippen LogP contribution is -2.25. The zero-order valence-corrected chi connectivity index (χ0v) is 16.0. The number of aromatic nitrogens is 2. The second-order valence-corrected chi connectivity index (χ2v) is 6.79. The first kappa shape index (κ1) is 19.3. The van der Waals surface area contributed by atoms with E-state index in [1.165, 1.54) is 4.68 Å². The van der Waals surface area contributed by atoms with Gasteiger partial charge in [0.05, 0.1) is 17.4 Å². The molecule has 1 heterocycles. The van der Waals surface area contributed by atoms with Gasteiger partial charge in [0, 0.05) is 5.69 Å². The monoisotopic (exact) mass is 378 g/mol. The quantitative estimate of drug-likeness (QED) is 0.510. The third-order valence-electron chi connectivity index (χ3n) is 4.68. The number of nitrogens with one attached hydrogen (secondary N) is 1. The van der Waals surface area contributed by atoms with Crippen LogP contribution in [0.3, 0.4) is 0 Å². The number of rotatable bonds is 6. The normalized spacial score (nSPS) is 11.8. The molecule has 7 nitrogen and oxygen atoms in total. The lowest BCUT2D eigenvalue weighted by molar-refractivity contribution is -0.386. The summed E-state index contributed by atoms with van der Waals surface area (Å²) in [5.41, 5.74) is 3.70. The number of benzene rings is 2. The van der Waals surface area contributed by atoms with E-state index < -0.39 is 10.8 Å². The Hall–Kier alpha value is -3.48. The number of hydrogen-bond donors (Lipinski definition) is 1. The smallest absolute Gasteiger partial charge is 0.312 e. The highest BCUT2D eigenvalue weighted by atomic mass is 16.6. The SMILES string of the molecule is Cc1nn(CC(C)C(=O)Nc2ccc(-c3ccccc3)cc2)c(C)c1[N+](=O)[O-]. The zero-order valence-electron chi connectivity index (χ0n) is 16.0. The molecule has 0 aliphatic rings. The molecule has 144 valence electrons. The van der Waals surface area contributed by atoms with Crippen molar-refractivity contribution in [1.82, 2.24) is 9.78 Å². The third kappa shape index (κ3) is 4.09. The summed E-state index contributed by atoms with van der Waals surface area (Å²) in [6.07, 6.45) is 0. The van der Waals surface area contributed by atoms with Crippen LogP contribution in [0.1, 0.15) is 18.3 Å². The average Bonchev–Trinajstić information content (AvgIpc) is 2.96. The van der Waals surface area contributed by atoms with Crippen LogP contribution in [-0.2, 0) is 11.3 Å². The molecular formula is C21H22N4O3. The Morgan fingerprint density at radius 2 is 1.71 bits per heavy atom. The van der Waals surface area contributed by atoms with Gasteiger partial charge in [-0.05, 0) is 37.1 Å². The average molecular weight is 378 g/mol. The Morgan fingerprint density at radius 3 is 2.29 bits per heavy atom. The van der Waals surface area contributed by atoms with E-state index in [9.17, 15) is 14.9 Å². The Morgan fingerprint density at radius 1 is 1.11 bits per heavy atom. The van der Waals surface area contributed by atoms with Gasteiger partial charge in [-0.3, -0.25) is 19.6 Å². The van der Waals surface area contributed by atoms with Gasteiger partial charge in [0.15, 0.2) is 0 Å². The minimum Gasteiger partial charge on any atom is -0.326 e. The van der Waals surface area contributed by atoms with Crippen LogP contribution in [0.15, 0.2) is 54.6 Å². The lowest BCUT2D eigenvalue weighted by atomic mass is 10.1. The maximum Gasteiger partial charge on any atom is 0.312 e.